The fourth-order valence-corrected chi connectivity index (χ4v) is 2.09. The van der Waals surface area contributed by atoms with E-state index in [1.807, 2.05) is 27.7 Å². The smallest absolute Gasteiger partial charge is 0.166 e. The summed E-state index contributed by atoms with van der Waals surface area (Å²) in [5.74, 6) is -0.0942. The maximum atomic E-state index is 11.8. The number of Topliss-reactive ketones (excluding diaryl/α,β-unsaturated/α-hetero) is 1. The van der Waals surface area contributed by atoms with Gasteiger partial charge in [0.1, 0.15) is 6.29 Å². The molecule has 0 aromatic carbocycles. The molecule has 1 aliphatic rings. The minimum atomic E-state index is -0.211. The molecule has 14 heavy (non-hydrogen) atoms. The van der Waals surface area contributed by atoms with Crippen LogP contribution in [0.25, 0.3) is 0 Å². The van der Waals surface area contributed by atoms with Gasteiger partial charge in [0.25, 0.3) is 0 Å². The topological polar surface area (TPSA) is 34.1 Å². The summed E-state index contributed by atoms with van der Waals surface area (Å²) in [7, 11) is 0. The number of carbonyl (C=O) groups is 2. The Bertz CT molecular complexity index is 341. The van der Waals surface area contributed by atoms with Crippen molar-refractivity contribution in [3.63, 3.8) is 0 Å². The number of hydrogen-bond acceptors (Lipinski definition) is 2. The molecule has 1 atom stereocenters. The Balaban J connectivity index is 3.20. The Labute approximate surface area is 84.7 Å². The molecule has 1 unspecified atom stereocenters. The molecule has 1 aliphatic carbocycles. The molecule has 1 rings (SSSR count). The molecule has 0 N–H and O–H groups in total. The molecule has 0 radical (unpaired) electrons. The van der Waals surface area contributed by atoms with E-state index in [1.54, 1.807) is 0 Å². The third-order valence-electron chi connectivity index (χ3n) is 2.87. The molecule has 0 spiro atoms. The van der Waals surface area contributed by atoms with Crippen molar-refractivity contribution in [1.82, 2.24) is 0 Å². The van der Waals surface area contributed by atoms with Gasteiger partial charge < -0.3 is 4.79 Å². The molecule has 2 nitrogen and oxygen atoms in total. The average molecular weight is 192 g/mol. The number of rotatable bonds is 2. The minimum absolute atomic E-state index is 0.116. The van der Waals surface area contributed by atoms with E-state index in [0.29, 0.717) is 6.42 Å². The molecule has 0 aliphatic heterocycles. The Morgan fingerprint density at radius 2 is 1.86 bits per heavy atom. The van der Waals surface area contributed by atoms with E-state index in [-0.39, 0.29) is 11.7 Å². The molecule has 0 amide bonds. The zero-order valence-electron chi connectivity index (χ0n) is 9.18. The zero-order chi connectivity index (χ0) is 10.9. The van der Waals surface area contributed by atoms with Crippen LogP contribution in [0.1, 0.15) is 34.1 Å². The van der Waals surface area contributed by atoms with Gasteiger partial charge in [0, 0.05) is 6.42 Å². The first-order valence-electron chi connectivity index (χ1n) is 4.83. The van der Waals surface area contributed by atoms with Crippen molar-refractivity contribution in [3.05, 3.63) is 22.3 Å². The van der Waals surface area contributed by atoms with Crippen LogP contribution in [0.15, 0.2) is 22.3 Å². The van der Waals surface area contributed by atoms with Gasteiger partial charge >= 0.3 is 0 Å². The van der Waals surface area contributed by atoms with Gasteiger partial charge in [-0.2, -0.15) is 0 Å². The monoisotopic (exact) mass is 192 g/mol. The van der Waals surface area contributed by atoms with E-state index in [9.17, 15) is 9.59 Å². The first-order valence-corrected chi connectivity index (χ1v) is 4.83. The van der Waals surface area contributed by atoms with Crippen molar-refractivity contribution in [2.75, 3.05) is 0 Å². The number of hydrogen-bond donors (Lipinski definition) is 0. The van der Waals surface area contributed by atoms with Crippen LogP contribution in [0.5, 0.6) is 0 Å². The minimum Gasteiger partial charge on any atom is -0.303 e. The number of aldehydes is 1. The lowest BCUT2D eigenvalue weighted by Gasteiger charge is -2.10. The summed E-state index contributed by atoms with van der Waals surface area (Å²) in [4.78, 5) is 22.3. The van der Waals surface area contributed by atoms with Crippen LogP contribution in [0.4, 0.5) is 0 Å². The average Bonchev–Trinajstić information content (AvgIpc) is 2.32. The van der Waals surface area contributed by atoms with E-state index in [0.717, 1.165) is 28.6 Å². The van der Waals surface area contributed by atoms with Gasteiger partial charge in [-0.15, -0.1) is 0 Å². The van der Waals surface area contributed by atoms with Crippen molar-refractivity contribution in [2.24, 2.45) is 5.92 Å². The molecular weight excluding hydrogens is 176 g/mol. The number of allylic oxidation sites excluding steroid dienone is 4. The fraction of sp³-hybridized carbons (Fsp3) is 0.500. The zero-order valence-corrected chi connectivity index (χ0v) is 9.18. The maximum Gasteiger partial charge on any atom is 0.166 e. The van der Waals surface area contributed by atoms with E-state index in [1.165, 1.54) is 0 Å². The third-order valence-corrected chi connectivity index (χ3v) is 2.87. The second-order valence-electron chi connectivity index (χ2n) is 3.98. The Kier molecular flexibility index (Phi) is 3.04. The first-order chi connectivity index (χ1) is 6.50. The van der Waals surface area contributed by atoms with E-state index >= 15 is 0 Å². The van der Waals surface area contributed by atoms with Crippen LogP contribution in [0, 0.1) is 5.92 Å². The molecule has 0 aromatic rings. The maximum absolute atomic E-state index is 11.8. The largest absolute Gasteiger partial charge is 0.303 e. The van der Waals surface area contributed by atoms with Crippen molar-refractivity contribution < 1.29 is 9.59 Å². The lowest BCUT2D eigenvalue weighted by atomic mass is 9.92. The highest BCUT2D eigenvalue weighted by atomic mass is 16.1. The molecule has 0 saturated heterocycles. The standard InChI is InChI=1S/C12H16O2/c1-7(2)11-8(3)9(4)12(14)10(11)5-6-13/h6,10H,5H2,1-4H3. The van der Waals surface area contributed by atoms with Gasteiger partial charge in [-0.25, -0.2) is 0 Å². The van der Waals surface area contributed by atoms with Crippen molar-refractivity contribution in [2.45, 2.75) is 34.1 Å². The molecular formula is C12H16O2. The first kappa shape index (κ1) is 10.9. The molecule has 0 saturated carbocycles. The molecule has 0 aromatic heterocycles. The summed E-state index contributed by atoms with van der Waals surface area (Å²) in [5.41, 5.74) is 4.08. The molecule has 0 bridgehead atoms. The van der Waals surface area contributed by atoms with Gasteiger partial charge in [0.15, 0.2) is 5.78 Å². The second-order valence-corrected chi connectivity index (χ2v) is 3.98. The summed E-state index contributed by atoms with van der Waals surface area (Å²) in [6, 6.07) is 0. The van der Waals surface area contributed by atoms with Gasteiger partial charge in [0.05, 0.1) is 5.92 Å². The highest BCUT2D eigenvalue weighted by Crippen LogP contribution is 2.36. The van der Waals surface area contributed by atoms with Gasteiger partial charge in [-0.3, -0.25) is 4.79 Å². The van der Waals surface area contributed by atoms with Crippen LogP contribution in [-0.2, 0) is 9.59 Å². The van der Waals surface area contributed by atoms with Crippen LogP contribution in [0.2, 0.25) is 0 Å². The van der Waals surface area contributed by atoms with Gasteiger partial charge in [0.2, 0.25) is 0 Å². The van der Waals surface area contributed by atoms with Crippen LogP contribution >= 0.6 is 0 Å². The third kappa shape index (κ3) is 1.57. The lowest BCUT2D eigenvalue weighted by Crippen LogP contribution is -2.12. The molecule has 2 heteroatoms. The van der Waals surface area contributed by atoms with Crippen molar-refractivity contribution in [3.8, 4) is 0 Å². The highest BCUT2D eigenvalue weighted by molar-refractivity contribution is 6.05. The fourth-order valence-electron chi connectivity index (χ4n) is 2.09. The molecule has 0 heterocycles. The second kappa shape index (κ2) is 3.91. The van der Waals surface area contributed by atoms with Crippen LogP contribution < -0.4 is 0 Å². The van der Waals surface area contributed by atoms with Crippen molar-refractivity contribution in [1.29, 1.82) is 0 Å². The Hall–Kier alpha value is -1.18. The van der Waals surface area contributed by atoms with E-state index in [2.05, 4.69) is 0 Å². The Morgan fingerprint density at radius 1 is 1.29 bits per heavy atom. The Morgan fingerprint density at radius 3 is 2.29 bits per heavy atom. The predicted molar refractivity (Wildman–Crippen MR) is 55.9 cm³/mol. The molecule has 0 fully saturated rings. The number of carbonyl (C=O) groups excluding carboxylic acids is 2. The van der Waals surface area contributed by atoms with Crippen molar-refractivity contribution >= 4 is 12.1 Å². The number of ketones is 1. The molecule has 76 valence electrons. The quantitative estimate of drug-likeness (QED) is 0.630. The summed E-state index contributed by atoms with van der Waals surface area (Å²) < 4.78 is 0. The van der Waals surface area contributed by atoms with Crippen LogP contribution in [-0.4, -0.2) is 12.1 Å². The van der Waals surface area contributed by atoms with Gasteiger partial charge in [-0.1, -0.05) is 5.57 Å². The van der Waals surface area contributed by atoms with E-state index in [4.69, 9.17) is 0 Å². The lowest BCUT2D eigenvalue weighted by molar-refractivity contribution is -0.119. The van der Waals surface area contributed by atoms with E-state index < -0.39 is 0 Å². The summed E-state index contributed by atoms with van der Waals surface area (Å²) in [6.07, 6.45) is 1.14. The van der Waals surface area contributed by atoms with Crippen LogP contribution in [0.3, 0.4) is 0 Å². The summed E-state index contributed by atoms with van der Waals surface area (Å²) >= 11 is 0. The van der Waals surface area contributed by atoms with Gasteiger partial charge in [-0.05, 0) is 44.4 Å². The summed E-state index contributed by atoms with van der Waals surface area (Å²) in [5, 5.41) is 0. The predicted octanol–water partition coefficient (Wildman–Crippen LogP) is 2.45. The SMILES string of the molecule is CC(C)=C1C(C)=C(C)C(=O)C1CC=O. The summed E-state index contributed by atoms with van der Waals surface area (Å²) in [6.45, 7) is 7.77. The highest BCUT2D eigenvalue weighted by Gasteiger charge is 2.33. The normalized spacial score (nSPS) is 21.9.